The molecular formula is C22H26O5. The van der Waals surface area contributed by atoms with E-state index in [9.17, 15) is 0 Å². The second-order valence-electron chi connectivity index (χ2n) is 6.30. The normalized spacial score (nSPS) is 15.7. The molecule has 0 aliphatic carbocycles. The van der Waals surface area contributed by atoms with Gasteiger partial charge in [-0.1, -0.05) is 13.0 Å². The van der Waals surface area contributed by atoms with Gasteiger partial charge < -0.3 is 23.7 Å². The van der Waals surface area contributed by atoms with Crippen LogP contribution in [0.25, 0.3) is 5.57 Å². The molecule has 0 saturated heterocycles. The van der Waals surface area contributed by atoms with E-state index in [0.29, 0.717) is 23.0 Å². The first kappa shape index (κ1) is 19.0. The fourth-order valence-electron chi connectivity index (χ4n) is 3.58. The van der Waals surface area contributed by atoms with Gasteiger partial charge in [0.15, 0.2) is 23.0 Å². The Morgan fingerprint density at radius 3 is 2.00 bits per heavy atom. The van der Waals surface area contributed by atoms with Gasteiger partial charge in [-0.15, -0.1) is 0 Å². The minimum Gasteiger partial charge on any atom is -0.493 e. The predicted molar refractivity (Wildman–Crippen MR) is 105 cm³/mol. The smallest absolute Gasteiger partial charge is 0.161 e. The minimum atomic E-state index is -0.269. The maximum absolute atomic E-state index is 6.34. The van der Waals surface area contributed by atoms with E-state index in [1.54, 1.807) is 28.4 Å². The maximum atomic E-state index is 6.34. The standard InChI is InChI=1S/C22H26O5/c1-7-15-13(2)27-22(14-8-9-18(23-3)19(10-14)24-4)17-12-21(26-6)20(25-5)11-16(15)17/h8-12,22H,7H2,1-6H3. The van der Waals surface area contributed by atoms with Gasteiger partial charge in [0.2, 0.25) is 0 Å². The summed E-state index contributed by atoms with van der Waals surface area (Å²) in [5, 5.41) is 0. The Morgan fingerprint density at radius 1 is 0.815 bits per heavy atom. The highest BCUT2D eigenvalue weighted by Crippen LogP contribution is 2.46. The molecule has 1 aliphatic rings. The highest BCUT2D eigenvalue weighted by Gasteiger charge is 2.29. The van der Waals surface area contributed by atoms with Crippen molar-refractivity contribution < 1.29 is 23.7 Å². The Bertz CT molecular complexity index is 869. The van der Waals surface area contributed by atoms with E-state index in [1.165, 1.54) is 5.57 Å². The summed E-state index contributed by atoms with van der Waals surface area (Å²) in [7, 11) is 6.55. The van der Waals surface area contributed by atoms with Crippen LogP contribution in [0.1, 0.15) is 43.1 Å². The van der Waals surface area contributed by atoms with Gasteiger partial charge in [0.1, 0.15) is 6.10 Å². The molecule has 0 amide bonds. The number of hydrogen-bond donors (Lipinski definition) is 0. The lowest BCUT2D eigenvalue weighted by molar-refractivity contribution is 0.146. The van der Waals surface area contributed by atoms with Crippen LogP contribution < -0.4 is 18.9 Å². The third-order valence-electron chi connectivity index (χ3n) is 4.95. The fraction of sp³-hybridized carbons (Fsp3) is 0.364. The average Bonchev–Trinajstić information content (AvgIpc) is 2.71. The second-order valence-corrected chi connectivity index (χ2v) is 6.30. The molecule has 0 N–H and O–H groups in total. The Morgan fingerprint density at radius 2 is 1.41 bits per heavy atom. The Kier molecular flexibility index (Phi) is 5.49. The molecule has 5 heteroatoms. The van der Waals surface area contributed by atoms with Crippen LogP contribution >= 0.6 is 0 Å². The summed E-state index contributed by atoms with van der Waals surface area (Å²) in [5.41, 5.74) is 4.32. The number of fused-ring (bicyclic) bond motifs is 1. The summed E-state index contributed by atoms with van der Waals surface area (Å²) in [6.07, 6.45) is 0.599. The van der Waals surface area contributed by atoms with Gasteiger partial charge >= 0.3 is 0 Å². The van der Waals surface area contributed by atoms with Gasteiger partial charge in [0.25, 0.3) is 0 Å². The van der Waals surface area contributed by atoms with Gasteiger partial charge in [-0.05, 0) is 48.7 Å². The summed E-state index contributed by atoms with van der Waals surface area (Å²) in [5.74, 6) is 3.66. The number of ether oxygens (including phenoxy) is 5. The van der Waals surface area contributed by atoms with Crippen molar-refractivity contribution in [3.63, 3.8) is 0 Å². The van der Waals surface area contributed by atoms with Crippen molar-refractivity contribution in [1.29, 1.82) is 0 Å². The van der Waals surface area contributed by atoms with E-state index < -0.39 is 0 Å². The van der Waals surface area contributed by atoms with E-state index in [4.69, 9.17) is 23.7 Å². The third-order valence-corrected chi connectivity index (χ3v) is 4.95. The SMILES string of the molecule is CCC1=C(C)OC(c2ccc(OC)c(OC)c2)c2cc(OC)c(OC)cc21. The van der Waals surface area contributed by atoms with Gasteiger partial charge in [0, 0.05) is 11.1 Å². The summed E-state index contributed by atoms with van der Waals surface area (Å²) < 4.78 is 28.2. The maximum Gasteiger partial charge on any atom is 0.161 e. The molecule has 0 radical (unpaired) electrons. The highest BCUT2D eigenvalue weighted by atomic mass is 16.5. The first-order valence-corrected chi connectivity index (χ1v) is 8.92. The molecule has 2 aromatic carbocycles. The van der Waals surface area contributed by atoms with Gasteiger partial charge in [-0.3, -0.25) is 0 Å². The van der Waals surface area contributed by atoms with Crippen molar-refractivity contribution >= 4 is 5.57 Å². The Hall–Kier alpha value is -2.82. The van der Waals surface area contributed by atoms with Crippen LogP contribution in [0.15, 0.2) is 36.1 Å². The van der Waals surface area contributed by atoms with E-state index in [0.717, 1.165) is 28.9 Å². The van der Waals surface area contributed by atoms with Crippen LogP contribution in [-0.2, 0) is 4.74 Å². The molecule has 1 aliphatic heterocycles. The molecule has 1 heterocycles. The molecule has 1 atom stereocenters. The molecule has 2 aromatic rings. The molecule has 0 fully saturated rings. The summed E-state index contributed by atoms with van der Waals surface area (Å²) in [4.78, 5) is 0. The molecule has 3 rings (SSSR count). The molecule has 5 nitrogen and oxygen atoms in total. The predicted octanol–water partition coefficient (Wildman–Crippen LogP) is 4.98. The number of methoxy groups -OCH3 is 4. The van der Waals surface area contributed by atoms with Gasteiger partial charge in [0.05, 0.1) is 34.2 Å². The molecular weight excluding hydrogens is 344 g/mol. The summed E-state index contributed by atoms with van der Waals surface area (Å²) in [6, 6.07) is 9.88. The molecule has 1 unspecified atom stereocenters. The van der Waals surface area contributed by atoms with E-state index >= 15 is 0 Å². The van der Waals surface area contributed by atoms with Crippen LogP contribution in [-0.4, -0.2) is 28.4 Å². The van der Waals surface area contributed by atoms with Crippen molar-refractivity contribution in [3.05, 3.63) is 52.8 Å². The van der Waals surface area contributed by atoms with E-state index in [1.807, 2.05) is 37.3 Å². The van der Waals surface area contributed by atoms with Crippen LogP contribution in [0.4, 0.5) is 0 Å². The largest absolute Gasteiger partial charge is 0.493 e. The Labute approximate surface area is 160 Å². The molecule has 0 aromatic heterocycles. The van der Waals surface area contributed by atoms with Crippen molar-refractivity contribution in [2.75, 3.05) is 28.4 Å². The minimum absolute atomic E-state index is 0.269. The Balaban J connectivity index is 2.19. The average molecular weight is 370 g/mol. The lowest BCUT2D eigenvalue weighted by atomic mass is 9.88. The molecule has 0 spiro atoms. The van der Waals surface area contributed by atoms with E-state index in [-0.39, 0.29) is 6.10 Å². The first-order chi connectivity index (χ1) is 13.1. The monoisotopic (exact) mass is 370 g/mol. The molecule has 0 bridgehead atoms. The summed E-state index contributed by atoms with van der Waals surface area (Å²) in [6.45, 7) is 4.13. The molecule has 144 valence electrons. The number of hydrogen-bond acceptors (Lipinski definition) is 5. The van der Waals surface area contributed by atoms with Crippen LogP contribution in [0.5, 0.6) is 23.0 Å². The van der Waals surface area contributed by atoms with Gasteiger partial charge in [-0.25, -0.2) is 0 Å². The fourth-order valence-corrected chi connectivity index (χ4v) is 3.58. The lowest BCUT2D eigenvalue weighted by Gasteiger charge is -2.31. The second kappa shape index (κ2) is 7.82. The van der Waals surface area contributed by atoms with Crippen molar-refractivity contribution in [3.8, 4) is 23.0 Å². The van der Waals surface area contributed by atoms with Crippen LogP contribution in [0, 0.1) is 0 Å². The zero-order valence-electron chi connectivity index (χ0n) is 16.7. The number of allylic oxidation sites excluding steroid dienone is 2. The zero-order valence-corrected chi connectivity index (χ0v) is 16.7. The summed E-state index contributed by atoms with van der Waals surface area (Å²) >= 11 is 0. The van der Waals surface area contributed by atoms with Gasteiger partial charge in [-0.2, -0.15) is 0 Å². The third kappa shape index (κ3) is 3.29. The molecule has 0 saturated carbocycles. The van der Waals surface area contributed by atoms with Crippen molar-refractivity contribution in [1.82, 2.24) is 0 Å². The van der Waals surface area contributed by atoms with E-state index in [2.05, 4.69) is 6.92 Å². The lowest BCUT2D eigenvalue weighted by Crippen LogP contribution is -2.15. The van der Waals surface area contributed by atoms with Crippen LogP contribution in [0.2, 0.25) is 0 Å². The first-order valence-electron chi connectivity index (χ1n) is 8.92. The van der Waals surface area contributed by atoms with Crippen molar-refractivity contribution in [2.45, 2.75) is 26.4 Å². The van der Waals surface area contributed by atoms with Crippen LogP contribution in [0.3, 0.4) is 0 Å². The quantitative estimate of drug-likeness (QED) is 0.717. The number of rotatable bonds is 6. The number of benzene rings is 2. The zero-order chi connectivity index (χ0) is 19.6. The highest BCUT2D eigenvalue weighted by molar-refractivity contribution is 5.75. The molecule has 27 heavy (non-hydrogen) atoms. The topological polar surface area (TPSA) is 46.2 Å². The van der Waals surface area contributed by atoms with Crippen molar-refractivity contribution in [2.24, 2.45) is 0 Å².